The van der Waals surface area contributed by atoms with E-state index >= 15 is 0 Å². The van der Waals surface area contributed by atoms with Crippen molar-refractivity contribution in [1.82, 2.24) is 0 Å². The van der Waals surface area contributed by atoms with Gasteiger partial charge in [0.25, 0.3) is 0 Å². The summed E-state index contributed by atoms with van der Waals surface area (Å²) in [6.45, 7) is 0. The Bertz CT molecular complexity index is 1640. The summed E-state index contributed by atoms with van der Waals surface area (Å²) in [7, 11) is 0. The molecule has 0 aliphatic heterocycles. The highest BCUT2D eigenvalue weighted by Gasteiger charge is 2.06. The molecule has 182 valence electrons. The third-order valence-electron chi connectivity index (χ3n) is 6.38. The summed E-state index contributed by atoms with van der Waals surface area (Å²) in [6.07, 6.45) is 0. The van der Waals surface area contributed by atoms with Crippen LogP contribution in [0.15, 0.2) is 158 Å². The van der Waals surface area contributed by atoms with E-state index in [0.29, 0.717) is 0 Å². The lowest BCUT2D eigenvalue weighted by atomic mass is 9.99. The van der Waals surface area contributed by atoms with Gasteiger partial charge in [-0.25, -0.2) is 0 Å². The summed E-state index contributed by atoms with van der Waals surface area (Å²) in [6, 6.07) is 53.3. The largest absolute Gasteiger partial charge is 0.457 e. The molecular formula is C36H26O2. The minimum atomic E-state index is 0.723. The van der Waals surface area contributed by atoms with E-state index in [1.807, 2.05) is 78.9 Å². The van der Waals surface area contributed by atoms with Gasteiger partial charge in [-0.1, -0.05) is 109 Å². The van der Waals surface area contributed by atoms with Crippen LogP contribution in [-0.4, -0.2) is 0 Å². The molecule has 6 rings (SSSR count). The van der Waals surface area contributed by atoms with Crippen molar-refractivity contribution < 1.29 is 9.47 Å². The zero-order chi connectivity index (χ0) is 25.6. The van der Waals surface area contributed by atoms with Gasteiger partial charge in [-0.3, -0.25) is 0 Å². The second-order valence-corrected chi connectivity index (χ2v) is 9.04. The maximum absolute atomic E-state index is 6.16. The molecule has 0 atom stereocenters. The zero-order valence-electron chi connectivity index (χ0n) is 20.8. The number of benzene rings is 6. The first-order chi connectivity index (χ1) is 18.8. The average Bonchev–Trinajstić information content (AvgIpc) is 2.99. The third kappa shape index (κ3) is 5.50. The molecule has 0 heterocycles. The summed E-state index contributed by atoms with van der Waals surface area (Å²) < 4.78 is 12.3. The van der Waals surface area contributed by atoms with E-state index in [1.165, 1.54) is 16.7 Å². The third-order valence-corrected chi connectivity index (χ3v) is 6.38. The second-order valence-electron chi connectivity index (χ2n) is 9.04. The van der Waals surface area contributed by atoms with E-state index < -0.39 is 0 Å². The normalized spacial score (nSPS) is 10.6. The Labute approximate surface area is 223 Å². The molecule has 2 nitrogen and oxygen atoms in total. The van der Waals surface area contributed by atoms with Crippen LogP contribution in [0.5, 0.6) is 23.0 Å². The molecule has 0 radical (unpaired) electrons. The zero-order valence-corrected chi connectivity index (χ0v) is 20.8. The number of hydrogen-bond acceptors (Lipinski definition) is 2. The lowest BCUT2D eigenvalue weighted by Crippen LogP contribution is -1.88. The first-order valence-corrected chi connectivity index (χ1v) is 12.7. The molecule has 0 saturated heterocycles. The topological polar surface area (TPSA) is 18.5 Å². The summed E-state index contributed by atoms with van der Waals surface area (Å²) in [5.74, 6) is 3.00. The summed E-state index contributed by atoms with van der Waals surface area (Å²) in [5, 5.41) is 0. The van der Waals surface area contributed by atoms with Crippen LogP contribution in [0.1, 0.15) is 0 Å². The highest BCUT2D eigenvalue weighted by atomic mass is 16.5. The molecule has 0 aromatic heterocycles. The van der Waals surface area contributed by atoms with Crippen LogP contribution in [0.4, 0.5) is 0 Å². The molecule has 0 fully saturated rings. The van der Waals surface area contributed by atoms with Crippen LogP contribution in [0, 0.1) is 0 Å². The first kappa shape index (κ1) is 23.3. The average molecular weight is 491 g/mol. The molecule has 0 aliphatic rings. The molecular weight excluding hydrogens is 464 g/mol. The quantitative estimate of drug-likeness (QED) is 0.222. The summed E-state index contributed by atoms with van der Waals surface area (Å²) in [5.41, 5.74) is 7.00. The van der Waals surface area contributed by atoms with Gasteiger partial charge in [0.1, 0.15) is 23.0 Å². The molecule has 0 spiro atoms. The number of rotatable bonds is 7. The van der Waals surface area contributed by atoms with Crippen LogP contribution in [0.3, 0.4) is 0 Å². The fourth-order valence-electron chi connectivity index (χ4n) is 4.47. The standard InChI is InChI=1S/C36H26O2/c1-3-10-27(11-4-1)30-14-7-15-31(24-30)29-20-22-33(23-21-29)37-35-18-9-19-36(26-35)38-34-17-8-16-32(25-34)28-12-5-2-6-13-28/h1-26H. The lowest BCUT2D eigenvalue weighted by molar-refractivity contribution is 0.460. The van der Waals surface area contributed by atoms with Crippen molar-refractivity contribution in [3.63, 3.8) is 0 Å². The maximum Gasteiger partial charge on any atom is 0.131 e. The van der Waals surface area contributed by atoms with Crippen LogP contribution in [-0.2, 0) is 0 Å². The minimum absolute atomic E-state index is 0.723. The van der Waals surface area contributed by atoms with Crippen LogP contribution >= 0.6 is 0 Å². The fourth-order valence-corrected chi connectivity index (χ4v) is 4.47. The Balaban J connectivity index is 1.16. The van der Waals surface area contributed by atoms with Crippen molar-refractivity contribution in [3.05, 3.63) is 158 Å². The lowest BCUT2D eigenvalue weighted by Gasteiger charge is -2.11. The maximum atomic E-state index is 6.16. The molecule has 6 aromatic rings. The van der Waals surface area contributed by atoms with Gasteiger partial charge in [0.15, 0.2) is 0 Å². The minimum Gasteiger partial charge on any atom is -0.457 e. The predicted molar refractivity (Wildman–Crippen MR) is 156 cm³/mol. The van der Waals surface area contributed by atoms with Gasteiger partial charge in [0.2, 0.25) is 0 Å². The molecule has 2 heteroatoms. The summed E-state index contributed by atoms with van der Waals surface area (Å²) >= 11 is 0. The smallest absolute Gasteiger partial charge is 0.131 e. The summed E-state index contributed by atoms with van der Waals surface area (Å²) in [4.78, 5) is 0. The Kier molecular flexibility index (Phi) is 6.69. The van der Waals surface area contributed by atoms with Crippen molar-refractivity contribution in [1.29, 1.82) is 0 Å². The van der Waals surface area contributed by atoms with Crippen LogP contribution in [0.2, 0.25) is 0 Å². The Morgan fingerprint density at radius 2 is 0.632 bits per heavy atom. The number of ether oxygens (including phenoxy) is 2. The molecule has 0 unspecified atom stereocenters. The van der Waals surface area contributed by atoms with E-state index in [2.05, 4.69) is 78.9 Å². The number of hydrogen-bond donors (Lipinski definition) is 0. The molecule has 0 aliphatic carbocycles. The molecule has 6 aromatic carbocycles. The fraction of sp³-hybridized carbons (Fsp3) is 0. The molecule has 0 bridgehead atoms. The van der Waals surface area contributed by atoms with E-state index in [9.17, 15) is 0 Å². The second kappa shape index (κ2) is 10.9. The van der Waals surface area contributed by atoms with Gasteiger partial charge in [0, 0.05) is 6.07 Å². The van der Waals surface area contributed by atoms with E-state index in [4.69, 9.17) is 9.47 Å². The highest BCUT2D eigenvalue weighted by Crippen LogP contribution is 2.32. The first-order valence-electron chi connectivity index (χ1n) is 12.7. The van der Waals surface area contributed by atoms with Crippen molar-refractivity contribution in [2.45, 2.75) is 0 Å². The van der Waals surface area contributed by atoms with Crippen LogP contribution in [0.25, 0.3) is 33.4 Å². The monoisotopic (exact) mass is 490 g/mol. The molecule has 0 N–H and O–H groups in total. The van der Waals surface area contributed by atoms with E-state index in [-0.39, 0.29) is 0 Å². The predicted octanol–water partition coefficient (Wildman–Crippen LogP) is 10.3. The van der Waals surface area contributed by atoms with E-state index in [1.54, 1.807) is 0 Å². The van der Waals surface area contributed by atoms with Crippen molar-refractivity contribution >= 4 is 0 Å². The van der Waals surface area contributed by atoms with Gasteiger partial charge >= 0.3 is 0 Å². The SMILES string of the molecule is c1ccc(-c2cccc(Oc3cccc(Oc4ccc(-c5cccc(-c6ccccc6)c5)cc4)c3)c2)cc1. The Morgan fingerprint density at radius 3 is 1.21 bits per heavy atom. The van der Waals surface area contributed by atoms with Crippen molar-refractivity contribution in [2.75, 3.05) is 0 Å². The van der Waals surface area contributed by atoms with Gasteiger partial charge in [0.05, 0.1) is 0 Å². The highest BCUT2D eigenvalue weighted by molar-refractivity contribution is 5.73. The molecule has 38 heavy (non-hydrogen) atoms. The van der Waals surface area contributed by atoms with Gasteiger partial charge in [-0.15, -0.1) is 0 Å². The Hall–Kier alpha value is -5.08. The van der Waals surface area contributed by atoms with Gasteiger partial charge < -0.3 is 9.47 Å². The Morgan fingerprint density at radius 1 is 0.237 bits per heavy atom. The molecule has 0 amide bonds. The van der Waals surface area contributed by atoms with Gasteiger partial charge in [-0.05, 0) is 75.8 Å². The van der Waals surface area contributed by atoms with Crippen molar-refractivity contribution in [3.8, 4) is 56.4 Å². The van der Waals surface area contributed by atoms with Crippen molar-refractivity contribution in [2.24, 2.45) is 0 Å². The van der Waals surface area contributed by atoms with Gasteiger partial charge in [-0.2, -0.15) is 0 Å². The van der Waals surface area contributed by atoms with Crippen LogP contribution < -0.4 is 9.47 Å². The van der Waals surface area contributed by atoms with E-state index in [0.717, 1.165) is 39.7 Å². The molecule has 0 saturated carbocycles.